The lowest BCUT2D eigenvalue weighted by Gasteiger charge is -2.29. The minimum absolute atomic E-state index is 0.580. The van der Waals surface area contributed by atoms with Crippen LogP contribution in [0.5, 0.6) is 0 Å². The second-order valence-corrected chi connectivity index (χ2v) is 7.37. The van der Waals surface area contributed by atoms with Gasteiger partial charge in [0.1, 0.15) is 0 Å². The topological polar surface area (TPSA) is 17.8 Å². The summed E-state index contributed by atoms with van der Waals surface area (Å²) in [6, 6.07) is 11.6. The highest BCUT2D eigenvalue weighted by atomic mass is 15.1. The molecular formula is C23H36N2. The molecule has 138 valence electrons. The Morgan fingerprint density at radius 3 is 2.32 bits per heavy atom. The van der Waals surface area contributed by atoms with Crippen LogP contribution in [0.3, 0.4) is 0 Å². The summed E-state index contributed by atoms with van der Waals surface area (Å²) in [5, 5.41) is 0. The highest BCUT2D eigenvalue weighted by Gasteiger charge is 2.22. The van der Waals surface area contributed by atoms with Gasteiger partial charge in [-0.2, -0.15) is 0 Å². The predicted molar refractivity (Wildman–Crippen MR) is 108 cm³/mol. The van der Waals surface area contributed by atoms with Gasteiger partial charge in [-0.05, 0) is 30.7 Å². The van der Waals surface area contributed by atoms with Gasteiger partial charge in [0.05, 0.1) is 6.33 Å². The van der Waals surface area contributed by atoms with Gasteiger partial charge in [0, 0.05) is 18.4 Å². The Balaban J connectivity index is 2.05. The maximum absolute atomic E-state index is 4.33. The number of hydrogen-bond acceptors (Lipinski definition) is 1. The smallest absolute Gasteiger partial charge is 0.0948 e. The van der Waals surface area contributed by atoms with Crippen LogP contribution in [0.2, 0.25) is 0 Å². The molecular weight excluding hydrogens is 304 g/mol. The Kier molecular flexibility index (Phi) is 9.40. The normalized spacial score (nSPS) is 13.7. The molecule has 0 aliphatic carbocycles. The zero-order chi connectivity index (χ0) is 17.7. The number of unbranched alkanes of at least 4 members (excludes halogenated alkanes) is 5. The van der Waals surface area contributed by atoms with E-state index in [0.717, 1.165) is 0 Å². The van der Waals surface area contributed by atoms with Crippen molar-refractivity contribution < 1.29 is 0 Å². The molecule has 2 unspecified atom stereocenters. The van der Waals surface area contributed by atoms with E-state index in [9.17, 15) is 0 Å². The van der Waals surface area contributed by atoms with Crippen LogP contribution < -0.4 is 0 Å². The molecule has 0 saturated carbocycles. The van der Waals surface area contributed by atoms with Crippen LogP contribution in [0.25, 0.3) is 0 Å². The number of benzene rings is 1. The van der Waals surface area contributed by atoms with Crippen molar-refractivity contribution in [2.24, 2.45) is 5.92 Å². The van der Waals surface area contributed by atoms with Gasteiger partial charge in [-0.15, -0.1) is 0 Å². The van der Waals surface area contributed by atoms with Crippen LogP contribution in [0.4, 0.5) is 0 Å². The molecule has 0 amide bonds. The summed E-state index contributed by atoms with van der Waals surface area (Å²) in [4.78, 5) is 4.33. The molecule has 0 saturated heterocycles. The van der Waals surface area contributed by atoms with Gasteiger partial charge in [0.15, 0.2) is 0 Å². The summed E-state index contributed by atoms with van der Waals surface area (Å²) in [5.41, 5.74) is 1.47. The average Bonchev–Trinajstić information content (AvgIpc) is 3.17. The molecule has 2 rings (SSSR count). The molecule has 2 nitrogen and oxygen atoms in total. The summed E-state index contributed by atoms with van der Waals surface area (Å²) in [5.74, 6) is 0.697. The molecule has 1 aromatic heterocycles. The van der Waals surface area contributed by atoms with Crippen molar-refractivity contribution >= 4 is 0 Å². The number of nitrogens with zero attached hydrogens (tertiary/aromatic N) is 2. The lowest BCUT2D eigenvalue weighted by molar-refractivity contribution is 0.277. The minimum atomic E-state index is 0.580. The van der Waals surface area contributed by atoms with Gasteiger partial charge < -0.3 is 4.57 Å². The average molecular weight is 341 g/mol. The molecule has 2 aromatic rings. The summed E-state index contributed by atoms with van der Waals surface area (Å²) in [6.07, 6.45) is 19.3. The molecule has 0 aliphatic rings. The number of aromatic nitrogens is 2. The van der Waals surface area contributed by atoms with E-state index in [1.54, 1.807) is 0 Å². The van der Waals surface area contributed by atoms with Crippen LogP contribution in [0.1, 0.15) is 83.2 Å². The van der Waals surface area contributed by atoms with E-state index in [2.05, 4.69) is 59.9 Å². The van der Waals surface area contributed by atoms with Gasteiger partial charge in [-0.3, -0.25) is 0 Å². The molecule has 2 atom stereocenters. The molecule has 0 N–H and O–H groups in total. The molecule has 0 spiro atoms. The third-order valence-corrected chi connectivity index (χ3v) is 5.32. The van der Waals surface area contributed by atoms with Crippen LogP contribution in [-0.2, 0) is 6.42 Å². The monoisotopic (exact) mass is 340 g/mol. The first-order chi connectivity index (χ1) is 12.3. The van der Waals surface area contributed by atoms with Gasteiger partial charge in [0.25, 0.3) is 0 Å². The summed E-state index contributed by atoms with van der Waals surface area (Å²) in [6.45, 7) is 4.59. The minimum Gasteiger partial charge on any atom is -0.334 e. The Hall–Kier alpha value is -1.57. The van der Waals surface area contributed by atoms with Crippen molar-refractivity contribution in [2.45, 2.75) is 84.1 Å². The van der Waals surface area contributed by atoms with Crippen LogP contribution >= 0.6 is 0 Å². The van der Waals surface area contributed by atoms with Crippen molar-refractivity contribution in [3.05, 3.63) is 54.6 Å². The summed E-state index contributed by atoms with van der Waals surface area (Å²) in [7, 11) is 0. The molecule has 0 bridgehead atoms. The van der Waals surface area contributed by atoms with Crippen molar-refractivity contribution in [2.75, 3.05) is 0 Å². The highest BCUT2D eigenvalue weighted by Crippen LogP contribution is 2.31. The maximum atomic E-state index is 4.33. The Morgan fingerprint density at radius 2 is 1.64 bits per heavy atom. The van der Waals surface area contributed by atoms with E-state index in [4.69, 9.17) is 0 Å². The van der Waals surface area contributed by atoms with Gasteiger partial charge in [-0.25, -0.2) is 4.98 Å². The van der Waals surface area contributed by atoms with Crippen molar-refractivity contribution in [1.29, 1.82) is 0 Å². The SMILES string of the molecule is CCCCCCCC(C(CCCC)Cc1ccccc1)n1ccnc1. The fraction of sp³-hybridized carbons (Fsp3) is 0.609. The van der Waals surface area contributed by atoms with Crippen molar-refractivity contribution in [1.82, 2.24) is 9.55 Å². The molecule has 1 heterocycles. The standard InChI is InChI=1S/C23H36N2/c1-3-5-7-8-12-16-23(25-18-17-24-20-25)22(15-6-4-2)19-21-13-10-9-11-14-21/h9-11,13-14,17-18,20,22-23H,3-8,12,15-16,19H2,1-2H3. The number of rotatable bonds is 13. The summed E-state index contributed by atoms with van der Waals surface area (Å²) < 4.78 is 2.38. The Morgan fingerprint density at radius 1 is 0.880 bits per heavy atom. The first-order valence-corrected chi connectivity index (χ1v) is 10.4. The molecule has 0 fully saturated rings. The predicted octanol–water partition coefficient (Wildman–Crippen LogP) is 6.83. The first kappa shape index (κ1) is 19.8. The van der Waals surface area contributed by atoms with Gasteiger partial charge in [0.2, 0.25) is 0 Å². The quantitative estimate of drug-likeness (QED) is 0.365. The van der Waals surface area contributed by atoms with Crippen LogP contribution in [0.15, 0.2) is 49.1 Å². The highest BCUT2D eigenvalue weighted by molar-refractivity contribution is 5.15. The zero-order valence-electron chi connectivity index (χ0n) is 16.2. The van der Waals surface area contributed by atoms with Crippen molar-refractivity contribution in [3.8, 4) is 0 Å². The Bertz CT molecular complexity index is 532. The second kappa shape index (κ2) is 11.9. The maximum Gasteiger partial charge on any atom is 0.0948 e. The molecule has 2 heteroatoms. The number of imidazole rings is 1. The Labute approximate surface area is 154 Å². The second-order valence-electron chi connectivity index (χ2n) is 7.37. The van der Waals surface area contributed by atoms with Crippen molar-refractivity contribution in [3.63, 3.8) is 0 Å². The lowest BCUT2D eigenvalue weighted by atomic mass is 9.85. The largest absolute Gasteiger partial charge is 0.334 e. The molecule has 1 aromatic carbocycles. The molecule has 25 heavy (non-hydrogen) atoms. The zero-order valence-corrected chi connectivity index (χ0v) is 16.2. The van der Waals surface area contributed by atoms with E-state index < -0.39 is 0 Å². The van der Waals surface area contributed by atoms with E-state index in [1.165, 1.54) is 69.8 Å². The third-order valence-electron chi connectivity index (χ3n) is 5.32. The van der Waals surface area contributed by atoms with E-state index in [1.807, 2.05) is 12.5 Å². The summed E-state index contributed by atoms with van der Waals surface area (Å²) >= 11 is 0. The fourth-order valence-corrected chi connectivity index (χ4v) is 3.86. The lowest BCUT2D eigenvalue weighted by Crippen LogP contribution is -2.21. The number of hydrogen-bond donors (Lipinski definition) is 0. The van der Waals surface area contributed by atoms with Gasteiger partial charge in [-0.1, -0.05) is 89.1 Å². The molecule has 0 radical (unpaired) electrons. The van der Waals surface area contributed by atoms with E-state index in [-0.39, 0.29) is 0 Å². The van der Waals surface area contributed by atoms with Gasteiger partial charge >= 0.3 is 0 Å². The third kappa shape index (κ3) is 7.05. The van der Waals surface area contributed by atoms with E-state index in [0.29, 0.717) is 12.0 Å². The fourth-order valence-electron chi connectivity index (χ4n) is 3.86. The van der Waals surface area contributed by atoms with Crippen LogP contribution in [0, 0.1) is 5.92 Å². The van der Waals surface area contributed by atoms with Crippen LogP contribution in [-0.4, -0.2) is 9.55 Å². The van der Waals surface area contributed by atoms with E-state index >= 15 is 0 Å². The first-order valence-electron chi connectivity index (χ1n) is 10.4. The molecule has 0 aliphatic heterocycles.